The van der Waals surface area contributed by atoms with Gasteiger partial charge in [-0.25, -0.2) is 9.59 Å². The Labute approximate surface area is 183 Å². The molecule has 1 aromatic carbocycles. The summed E-state index contributed by atoms with van der Waals surface area (Å²) in [5.41, 5.74) is 1.19. The van der Waals surface area contributed by atoms with Crippen LogP contribution in [0.2, 0.25) is 0 Å². The average molecular weight is 388 g/mol. The fourth-order valence-corrected chi connectivity index (χ4v) is 2.96. The van der Waals surface area contributed by atoms with Crippen molar-refractivity contribution in [3.8, 4) is 0 Å². The molecule has 0 aromatic heterocycles. The first-order valence-corrected chi connectivity index (χ1v) is 7.42. The van der Waals surface area contributed by atoms with Crippen molar-refractivity contribution >= 4 is 55.4 Å². The van der Waals surface area contributed by atoms with E-state index >= 15 is 0 Å². The summed E-state index contributed by atoms with van der Waals surface area (Å²) in [6.07, 6.45) is 0. The number of methoxy groups -OCH3 is 2. The SMILES string of the molecule is COC(=O)C1=C(C)NC(C)=C(C(=O)OC)C1c1ccccc1[N+](=O)[O-].[Ca+2].[H-].[H-]. The zero-order chi connectivity index (χ0) is 18.7. The number of dihydropyridines is 1. The molecule has 136 valence electrons. The molecule has 0 spiro atoms. The molecule has 0 aliphatic carbocycles. The third kappa shape index (κ3) is 4.08. The monoisotopic (exact) mass is 388 g/mol. The summed E-state index contributed by atoms with van der Waals surface area (Å²) < 4.78 is 9.66. The Morgan fingerprint density at radius 2 is 1.54 bits per heavy atom. The minimum Gasteiger partial charge on any atom is -1.00 e. The van der Waals surface area contributed by atoms with E-state index in [-0.39, 0.29) is 63.0 Å². The third-order valence-corrected chi connectivity index (χ3v) is 4.02. The van der Waals surface area contributed by atoms with Gasteiger partial charge in [-0.3, -0.25) is 10.1 Å². The number of para-hydroxylation sites is 1. The second-order valence-electron chi connectivity index (χ2n) is 5.43. The van der Waals surface area contributed by atoms with Crippen molar-refractivity contribution in [1.29, 1.82) is 0 Å². The van der Waals surface area contributed by atoms with Crippen molar-refractivity contribution in [2.24, 2.45) is 0 Å². The van der Waals surface area contributed by atoms with E-state index in [0.29, 0.717) is 11.4 Å². The van der Waals surface area contributed by atoms with Crippen LogP contribution in [0, 0.1) is 10.1 Å². The minimum atomic E-state index is -0.970. The van der Waals surface area contributed by atoms with Gasteiger partial charge in [-0.05, 0) is 13.8 Å². The molecular weight excluding hydrogens is 368 g/mol. The smallest absolute Gasteiger partial charge is 1.00 e. The fourth-order valence-electron chi connectivity index (χ4n) is 2.96. The van der Waals surface area contributed by atoms with Crippen LogP contribution in [0.1, 0.15) is 28.2 Å². The second-order valence-corrected chi connectivity index (χ2v) is 5.43. The van der Waals surface area contributed by atoms with Crippen LogP contribution in [-0.2, 0) is 19.1 Å². The average Bonchev–Trinajstić information content (AvgIpc) is 2.59. The van der Waals surface area contributed by atoms with E-state index < -0.39 is 22.8 Å². The molecule has 1 N–H and O–H groups in total. The maximum Gasteiger partial charge on any atom is 2.00 e. The molecule has 0 saturated heterocycles. The van der Waals surface area contributed by atoms with Gasteiger partial charge in [0.25, 0.3) is 5.69 Å². The van der Waals surface area contributed by atoms with Gasteiger partial charge in [-0.2, -0.15) is 0 Å². The Hall–Kier alpha value is -1.90. The maximum atomic E-state index is 12.3. The van der Waals surface area contributed by atoms with Crippen molar-refractivity contribution in [2.45, 2.75) is 19.8 Å². The topological polar surface area (TPSA) is 108 Å². The number of carbonyl (C=O) groups is 2. The van der Waals surface area contributed by atoms with Gasteiger partial charge in [0.05, 0.1) is 36.2 Å². The Bertz CT molecular complexity index is 788. The van der Waals surface area contributed by atoms with Gasteiger partial charge in [0.2, 0.25) is 0 Å². The van der Waals surface area contributed by atoms with Crippen LogP contribution >= 0.6 is 0 Å². The van der Waals surface area contributed by atoms with E-state index in [0.717, 1.165) is 0 Å². The number of nitro benzene ring substituents is 1. The van der Waals surface area contributed by atoms with E-state index in [9.17, 15) is 19.7 Å². The number of nitro groups is 1. The number of nitrogens with one attached hydrogen (secondary N) is 1. The van der Waals surface area contributed by atoms with Crippen molar-refractivity contribution < 1.29 is 26.8 Å². The summed E-state index contributed by atoms with van der Waals surface area (Å²) in [4.78, 5) is 35.6. The second kappa shape index (κ2) is 9.16. The summed E-state index contributed by atoms with van der Waals surface area (Å²) in [6.45, 7) is 3.29. The zero-order valence-corrected chi connectivity index (χ0v) is 17.2. The van der Waals surface area contributed by atoms with Gasteiger partial charge in [0, 0.05) is 23.0 Å². The number of esters is 2. The number of hydrogen-bond donors (Lipinski definition) is 1. The standard InChI is InChI=1S/C17H18N2O6.Ca.2H/c1-9-13(16(20)24-3)15(14(10(2)18-9)17(21)25-4)11-7-5-6-8-12(11)19(22)23;;;/h5-8,15,18H,1-4H3;;;/q;+2;2*-1. The quantitative estimate of drug-likeness (QED) is 0.364. The Morgan fingerprint density at radius 1 is 1.08 bits per heavy atom. The molecule has 9 heteroatoms. The Kier molecular flexibility index (Phi) is 7.80. The first-order valence-electron chi connectivity index (χ1n) is 7.42. The van der Waals surface area contributed by atoms with Crippen LogP contribution in [0.25, 0.3) is 0 Å². The third-order valence-electron chi connectivity index (χ3n) is 4.02. The number of benzene rings is 1. The summed E-state index contributed by atoms with van der Waals surface area (Å²) in [7, 11) is 2.42. The molecule has 0 saturated carbocycles. The number of ether oxygens (including phenoxy) is 2. The predicted octanol–water partition coefficient (Wildman–Crippen LogP) is 2.02. The number of nitrogens with zero attached hydrogens (tertiary/aromatic N) is 1. The van der Waals surface area contributed by atoms with Gasteiger partial charge >= 0.3 is 49.7 Å². The van der Waals surface area contributed by atoms with Crippen LogP contribution in [0.5, 0.6) is 0 Å². The van der Waals surface area contributed by atoms with E-state index in [2.05, 4.69) is 5.32 Å². The molecule has 1 heterocycles. The molecule has 0 fully saturated rings. The van der Waals surface area contributed by atoms with Crippen molar-refractivity contribution in [3.63, 3.8) is 0 Å². The number of carbonyl (C=O) groups excluding carboxylic acids is 2. The first-order chi connectivity index (χ1) is 11.8. The van der Waals surface area contributed by atoms with Crippen molar-refractivity contribution in [2.75, 3.05) is 14.2 Å². The molecule has 1 aromatic rings. The van der Waals surface area contributed by atoms with E-state index in [1.807, 2.05) is 0 Å². The molecule has 0 bridgehead atoms. The molecule has 26 heavy (non-hydrogen) atoms. The molecule has 8 nitrogen and oxygen atoms in total. The number of hydrogen-bond acceptors (Lipinski definition) is 7. The minimum absolute atomic E-state index is 0. The van der Waals surface area contributed by atoms with Gasteiger partial charge in [-0.1, -0.05) is 18.2 Å². The fraction of sp³-hybridized carbons (Fsp3) is 0.294. The summed E-state index contributed by atoms with van der Waals surface area (Å²) in [5.74, 6) is -2.33. The van der Waals surface area contributed by atoms with Crippen LogP contribution in [0.3, 0.4) is 0 Å². The van der Waals surface area contributed by atoms with E-state index in [1.165, 1.54) is 32.4 Å². The first kappa shape index (κ1) is 22.1. The van der Waals surface area contributed by atoms with Crippen LogP contribution in [0.4, 0.5) is 5.69 Å². The van der Waals surface area contributed by atoms with Crippen LogP contribution in [-0.4, -0.2) is 68.8 Å². The number of allylic oxidation sites excluding steroid dienone is 2. The molecule has 2 rings (SSSR count). The number of rotatable bonds is 4. The summed E-state index contributed by atoms with van der Waals surface area (Å²) in [6, 6.07) is 5.97. The Morgan fingerprint density at radius 3 is 1.96 bits per heavy atom. The van der Waals surface area contributed by atoms with Crippen LogP contribution in [0.15, 0.2) is 46.8 Å². The Balaban J connectivity index is 0. The molecular formula is C17H20CaN2O6. The summed E-state index contributed by atoms with van der Waals surface area (Å²) >= 11 is 0. The normalized spacial score (nSPS) is 14.3. The molecule has 0 radical (unpaired) electrons. The molecule has 1 aliphatic rings. The maximum absolute atomic E-state index is 12.3. The van der Waals surface area contributed by atoms with Crippen LogP contribution < -0.4 is 5.32 Å². The van der Waals surface area contributed by atoms with Crippen molar-refractivity contribution in [3.05, 3.63) is 62.5 Å². The van der Waals surface area contributed by atoms with Gasteiger partial charge < -0.3 is 17.6 Å². The molecule has 0 amide bonds. The molecule has 0 unspecified atom stereocenters. The predicted molar refractivity (Wildman–Crippen MR) is 96.4 cm³/mol. The van der Waals surface area contributed by atoms with Gasteiger partial charge in [-0.15, -0.1) is 0 Å². The largest absolute Gasteiger partial charge is 2.00 e. The zero-order valence-electron chi connectivity index (χ0n) is 17.0. The van der Waals surface area contributed by atoms with E-state index in [1.54, 1.807) is 19.9 Å². The van der Waals surface area contributed by atoms with Crippen molar-refractivity contribution in [1.82, 2.24) is 5.32 Å². The summed E-state index contributed by atoms with van der Waals surface area (Å²) in [5, 5.41) is 14.4. The van der Waals surface area contributed by atoms with E-state index in [4.69, 9.17) is 9.47 Å². The molecule has 1 aliphatic heterocycles. The van der Waals surface area contributed by atoms with Gasteiger partial charge in [0.1, 0.15) is 0 Å². The molecule has 0 atom stereocenters. The van der Waals surface area contributed by atoms with Gasteiger partial charge in [0.15, 0.2) is 0 Å².